The number of amides is 1. The molecular formula is C22H16F6N2O3. The Kier molecular flexibility index (Phi) is 6.52. The van der Waals surface area contributed by atoms with Crippen molar-refractivity contribution < 1.29 is 40.6 Å². The third-order valence-electron chi connectivity index (χ3n) is 4.56. The molecule has 1 aromatic heterocycles. The topological polar surface area (TPSA) is 60.5 Å². The molecule has 0 aliphatic carbocycles. The third-order valence-corrected chi connectivity index (χ3v) is 4.56. The van der Waals surface area contributed by atoms with Gasteiger partial charge in [-0.3, -0.25) is 9.78 Å². The number of benzene rings is 2. The van der Waals surface area contributed by atoms with Crippen LogP contribution in [0, 0.1) is 0 Å². The maximum Gasteiger partial charge on any atom is 0.418 e. The van der Waals surface area contributed by atoms with Gasteiger partial charge < -0.3 is 14.8 Å². The third kappa shape index (κ3) is 5.36. The van der Waals surface area contributed by atoms with Crippen molar-refractivity contribution in [3.63, 3.8) is 0 Å². The summed E-state index contributed by atoms with van der Waals surface area (Å²) in [5.74, 6) is -1.00. The number of methoxy groups -OCH3 is 2. The van der Waals surface area contributed by atoms with Crippen molar-refractivity contribution in [1.29, 1.82) is 0 Å². The average molecular weight is 470 g/mol. The number of nitrogens with zero attached hydrogens (tertiary/aromatic N) is 1. The Balaban J connectivity index is 1.96. The number of aromatic nitrogens is 1. The lowest BCUT2D eigenvalue weighted by Crippen LogP contribution is -2.14. The zero-order valence-electron chi connectivity index (χ0n) is 17.1. The summed E-state index contributed by atoms with van der Waals surface area (Å²) >= 11 is 0. The van der Waals surface area contributed by atoms with Crippen LogP contribution in [0.4, 0.5) is 32.0 Å². The van der Waals surface area contributed by atoms with Crippen LogP contribution in [0.5, 0.6) is 11.5 Å². The van der Waals surface area contributed by atoms with Crippen LogP contribution in [0.2, 0.25) is 0 Å². The highest BCUT2D eigenvalue weighted by atomic mass is 19.4. The molecule has 0 atom stereocenters. The Morgan fingerprint density at radius 1 is 0.909 bits per heavy atom. The molecule has 0 saturated heterocycles. The molecule has 3 aromatic rings. The molecule has 0 saturated carbocycles. The molecule has 1 heterocycles. The van der Waals surface area contributed by atoms with Crippen LogP contribution in [-0.4, -0.2) is 25.1 Å². The number of hydrogen-bond donors (Lipinski definition) is 1. The van der Waals surface area contributed by atoms with Crippen LogP contribution in [0.25, 0.3) is 11.3 Å². The van der Waals surface area contributed by atoms with Gasteiger partial charge in [-0.2, -0.15) is 26.3 Å². The zero-order valence-corrected chi connectivity index (χ0v) is 17.1. The minimum atomic E-state index is -4.67. The van der Waals surface area contributed by atoms with Crippen molar-refractivity contribution >= 4 is 11.6 Å². The maximum absolute atomic E-state index is 13.4. The fourth-order valence-electron chi connectivity index (χ4n) is 3.03. The molecule has 0 fully saturated rings. The number of hydrogen-bond acceptors (Lipinski definition) is 4. The van der Waals surface area contributed by atoms with Gasteiger partial charge in [-0.25, -0.2) is 0 Å². The van der Waals surface area contributed by atoms with E-state index in [9.17, 15) is 31.1 Å². The smallest absolute Gasteiger partial charge is 0.418 e. The highest BCUT2D eigenvalue weighted by molar-refractivity contribution is 6.05. The number of halogens is 6. The van der Waals surface area contributed by atoms with E-state index in [-0.39, 0.29) is 28.3 Å². The first-order valence-electron chi connectivity index (χ1n) is 9.22. The van der Waals surface area contributed by atoms with Gasteiger partial charge in [0.25, 0.3) is 5.91 Å². The molecule has 0 aliphatic heterocycles. The summed E-state index contributed by atoms with van der Waals surface area (Å²) in [5.41, 5.74) is -2.66. The Labute approximate surface area is 184 Å². The Morgan fingerprint density at radius 3 is 2.24 bits per heavy atom. The number of alkyl halides is 6. The predicted octanol–water partition coefficient (Wildman–Crippen LogP) is 6.06. The van der Waals surface area contributed by atoms with Gasteiger partial charge in [0.15, 0.2) is 0 Å². The van der Waals surface area contributed by atoms with Gasteiger partial charge in [0.1, 0.15) is 11.5 Å². The van der Waals surface area contributed by atoms with Crippen LogP contribution >= 0.6 is 0 Å². The fraction of sp³-hybridized carbons (Fsp3) is 0.182. The molecule has 0 spiro atoms. The van der Waals surface area contributed by atoms with Gasteiger partial charge in [0, 0.05) is 29.1 Å². The first kappa shape index (κ1) is 23.9. The van der Waals surface area contributed by atoms with Crippen LogP contribution in [0.3, 0.4) is 0 Å². The van der Waals surface area contributed by atoms with Crippen molar-refractivity contribution in [1.82, 2.24) is 4.98 Å². The number of carbonyl (C=O) groups excluding carboxylic acids is 1. The van der Waals surface area contributed by atoms with E-state index in [2.05, 4.69) is 10.3 Å². The highest BCUT2D eigenvalue weighted by Crippen LogP contribution is 2.39. The molecule has 3 rings (SSSR count). The van der Waals surface area contributed by atoms with E-state index in [1.165, 1.54) is 44.7 Å². The van der Waals surface area contributed by atoms with Crippen LogP contribution in [-0.2, 0) is 12.4 Å². The SMILES string of the molecule is COc1cc(NC(=O)c2ccc(-c3ncccc3C(F)(F)F)c(OC)c2)cc(C(F)(F)F)c1. The summed E-state index contributed by atoms with van der Waals surface area (Å²) in [4.78, 5) is 16.4. The summed E-state index contributed by atoms with van der Waals surface area (Å²) in [6.45, 7) is 0. The van der Waals surface area contributed by atoms with E-state index in [0.717, 1.165) is 24.3 Å². The number of carbonyl (C=O) groups is 1. The first-order valence-corrected chi connectivity index (χ1v) is 9.22. The van der Waals surface area contributed by atoms with Crippen LogP contribution in [0.15, 0.2) is 54.7 Å². The molecule has 0 radical (unpaired) electrons. The lowest BCUT2D eigenvalue weighted by molar-refractivity contribution is -0.138. The molecule has 11 heteroatoms. The number of rotatable bonds is 5. The molecule has 2 aromatic carbocycles. The number of nitrogens with one attached hydrogen (secondary N) is 1. The minimum absolute atomic E-state index is 0.0114. The maximum atomic E-state index is 13.4. The molecule has 1 amide bonds. The molecule has 0 unspecified atom stereocenters. The second-order valence-electron chi connectivity index (χ2n) is 6.71. The van der Waals surface area contributed by atoms with Gasteiger partial charge >= 0.3 is 12.4 Å². The summed E-state index contributed by atoms with van der Waals surface area (Å²) in [6.07, 6.45) is -8.16. The largest absolute Gasteiger partial charge is 0.497 e. The fourth-order valence-corrected chi connectivity index (χ4v) is 3.03. The number of pyridine rings is 1. The Hall–Kier alpha value is -3.76. The van der Waals surface area contributed by atoms with E-state index in [4.69, 9.17) is 9.47 Å². The van der Waals surface area contributed by atoms with Gasteiger partial charge in [-0.1, -0.05) is 0 Å². The van der Waals surface area contributed by atoms with E-state index in [1.807, 2.05) is 0 Å². The molecule has 0 bridgehead atoms. The van der Waals surface area contributed by atoms with Gasteiger partial charge in [0.2, 0.25) is 0 Å². The molecule has 0 aliphatic rings. The first-order chi connectivity index (χ1) is 15.4. The monoisotopic (exact) mass is 470 g/mol. The zero-order chi connectivity index (χ0) is 24.4. The Morgan fingerprint density at radius 2 is 1.64 bits per heavy atom. The van der Waals surface area contributed by atoms with Gasteiger partial charge in [0.05, 0.1) is 31.0 Å². The molecular weight excluding hydrogens is 454 g/mol. The van der Waals surface area contributed by atoms with Gasteiger partial charge in [-0.05, 0) is 42.5 Å². The molecule has 1 N–H and O–H groups in total. The van der Waals surface area contributed by atoms with E-state index in [1.54, 1.807) is 0 Å². The summed E-state index contributed by atoms with van der Waals surface area (Å²) in [7, 11) is 2.38. The second kappa shape index (κ2) is 9.00. The summed E-state index contributed by atoms with van der Waals surface area (Å²) in [6, 6.07) is 8.32. The van der Waals surface area contributed by atoms with Crippen LogP contribution < -0.4 is 14.8 Å². The molecule has 174 valence electrons. The van der Waals surface area contributed by atoms with Crippen molar-refractivity contribution in [2.45, 2.75) is 12.4 Å². The quantitative estimate of drug-likeness (QED) is 0.461. The minimum Gasteiger partial charge on any atom is -0.497 e. The lowest BCUT2D eigenvalue weighted by atomic mass is 10.0. The van der Waals surface area contributed by atoms with Crippen LogP contribution in [0.1, 0.15) is 21.5 Å². The summed E-state index contributed by atoms with van der Waals surface area (Å²) in [5, 5.41) is 2.32. The second-order valence-corrected chi connectivity index (χ2v) is 6.71. The summed E-state index contributed by atoms with van der Waals surface area (Å²) < 4.78 is 89.4. The van der Waals surface area contributed by atoms with E-state index in [0.29, 0.717) is 0 Å². The van der Waals surface area contributed by atoms with Crippen molar-refractivity contribution in [3.8, 4) is 22.8 Å². The van der Waals surface area contributed by atoms with Crippen molar-refractivity contribution in [2.24, 2.45) is 0 Å². The number of anilines is 1. The predicted molar refractivity (Wildman–Crippen MR) is 107 cm³/mol. The normalized spacial score (nSPS) is 11.8. The molecule has 33 heavy (non-hydrogen) atoms. The van der Waals surface area contributed by atoms with E-state index < -0.39 is 35.1 Å². The average Bonchev–Trinajstić information content (AvgIpc) is 2.77. The molecule has 5 nitrogen and oxygen atoms in total. The van der Waals surface area contributed by atoms with Crippen molar-refractivity contribution in [2.75, 3.05) is 19.5 Å². The van der Waals surface area contributed by atoms with Gasteiger partial charge in [-0.15, -0.1) is 0 Å². The lowest BCUT2D eigenvalue weighted by Gasteiger charge is -2.15. The standard InChI is InChI=1S/C22H16F6N2O3/c1-32-15-10-13(21(23,24)25)9-14(11-15)30-20(31)12-5-6-16(18(8-12)33-2)19-17(22(26,27)28)4-3-7-29-19/h3-11H,1-2H3,(H,30,31). The van der Waals surface area contributed by atoms with Crippen molar-refractivity contribution in [3.05, 3.63) is 71.4 Å². The highest BCUT2D eigenvalue weighted by Gasteiger charge is 2.35. The Bertz CT molecular complexity index is 1180. The number of ether oxygens (including phenoxy) is 2. The van der Waals surface area contributed by atoms with E-state index >= 15 is 0 Å².